The predicted octanol–water partition coefficient (Wildman–Crippen LogP) is 2.63. The molecular weight excluding hydrogens is 192 g/mol. The molecule has 0 fully saturated rings. The molecule has 1 N–H and O–H groups in total. The highest BCUT2D eigenvalue weighted by molar-refractivity contribution is 7.09. The van der Waals surface area contributed by atoms with E-state index in [-0.39, 0.29) is 0 Å². The molecule has 0 aromatic carbocycles. The van der Waals surface area contributed by atoms with Gasteiger partial charge in [-0.25, -0.2) is 4.98 Å². The van der Waals surface area contributed by atoms with Crippen molar-refractivity contribution in [2.45, 2.75) is 33.6 Å². The highest BCUT2D eigenvalue weighted by Gasteiger charge is 2.00. The number of aromatic nitrogens is 1. The SMILES string of the molecule is Cc1ncsc1CCNCCC(C)C. The third-order valence-electron chi connectivity index (χ3n) is 2.27. The van der Waals surface area contributed by atoms with Crippen molar-refractivity contribution in [2.24, 2.45) is 5.92 Å². The monoisotopic (exact) mass is 212 g/mol. The van der Waals surface area contributed by atoms with E-state index in [2.05, 4.69) is 31.1 Å². The summed E-state index contributed by atoms with van der Waals surface area (Å²) >= 11 is 1.76. The molecule has 14 heavy (non-hydrogen) atoms. The van der Waals surface area contributed by atoms with Crippen molar-refractivity contribution >= 4 is 11.3 Å². The molecule has 1 rings (SSSR count). The lowest BCUT2D eigenvalue weighted by Crippen LogP contribution is -2.19. The molecule has 0 aliphatic carbocycles. The van der Waals surface area contributed by atoms with Crippen molar-refractivity contribution in [3.8, 4) is 0 Å². The average Bonchev–Trinajstić information content (AvgIpc) is 2.51. The summed E-state index contributed by atoms with van der Waals surface area (Å²) in [5.41, 5.74) is 3.12. The molecule has 0 aliphatic heterocycles. The van der Waals surface area contributed by atoms with Crippen LogP contribution < -0.4 is 5.32 Å². The topological polar surface area (TPSA) is 24.9 Å². The van der Waals surface area contributed by atoms with Gasteiger partial charge in [-0.2, -0.15) is 0 Å². The lowest BCUT2D eigenvalue weighted by Gasteiger charge is -2.06. The molecule has 1 heterocycles. The maximum absolute atomic E-state index is 4.23. The van der Waals surface area contributed by atoms with E-state index in [9.17, 15) is 0 Å². The zero-order valence-corrected chi connectivity index (χ0v) is 10.2. The molecule has 0 spiro atoms. The standard InChI is InChI=1S/C11H20N2S/c1-9(2)4-6-12-7-5-11-10(3)13-8-14-11/h8-9,12H,4-7H2,1-3H3. The molecule has 1 aromatic heterocycles. The number of thiazole rings is 1. The van der Waals surface area contributed by atoms with E-state index in [0.29, 0.717) is 0 Å². The Morgan fingerprint density at radius 3 is 2.79 bits per heavy atom. The van der Waals surface area contributed by atoms with Gasteiger partial charge in [0.2, 0.25) is 0 Å². The van der Waals surface area contributed by atoms with Crippen LogP contribution in [0.15, 0.2) is 5.51 Å². The van der Waals surface area contributed by atoms with Gasteiger partial charge in [-0.3, -0.25) is 0 Å². The van der Waals surface area contributed by atoms with Crippen LogP contribution in [0.4, 0.5) is 0 Å². The fraction of sp³-hybridized carbons (Fsp3) is 0.727. The number of hydrogen-bond donors (Lipinski definition) is 1. The molecule has 3 heteroatoms. The van der Waals surface area contributed by atoms with Crippen molar-refractivity contribution in [3.63, 3.8) is 0 Å². The first-order chi connectivity index (χ1) is 6.70. The average molecular weight is 212 g/mol. The van der Waals surface area contributed by atoms with E-state index >= 15 is 0 Å². The summed E-state index contributed by atoms with van der Waals surface area (Å²) in [4.78, 5) is 5.65. The number of nitrogens with zero attached hydrogens (tertiary/aromatic N) is 1. The Kier molecular flexibility index (Phi) is 5.12. The molecule has 0 saturated carbocycles. The third kappa shape index (κ3) is 4.20. The van der Waals surface area contributed by atoms with Crippen LogP contribution in [-0.4, -0.2) is 18.1 Å². The fourth-order valence-electron chi connectivity index (χ4n) is 1.28. The Labute approximate surface area is 90.8 Å². The molecule has 2 nitrogen and oxygen atoms in total. The van der Waals surface area contributed by atoms with Crippen LogP contribution in [0, 0.1) is 12.8 Å². The maximum Gasteiger partial charge on any atom is 0.0797 e. The molecule has 0 saturated heterocycles. The summed E-state index contributed by atoms with van der Waals surface area (Å²) in [6.45, 7) is 8.81. The van der Waals surface area contributed by atoms with E-state index in [1.165, 1.54) is 17.0 Å². The summed E-state index contributed by atoms with van der Waals surface area (Å²) in [5, 5.41) is 3.46. The lowest BCUT2D eigenvalue weighted by molar-refractivity contribution is 0.539. The molecule has 0 unspecified atom stereocenters. The third-order valence-corrected chi connectivity index (χ3v) is 3.27. The molecule has 0 amide bonds. The van der Waals surface area contributed by atoms with E-state index < -0.39 is 0 Å². The number of rotatable bonds is 6. The van der Waals surface area contributed by atoms with Crippen LogP contribution in [0.25, 0.3) is 0 Å². The summed E-state index contributed by atoms with van der Waals surface area (Å²) in [6, 6.07) is 0. The van der Waals surface area contributed by atoms with E-state index in [0.717, 1.165) is 25.4 Å². The minimum atomic E-state index is 0.799. The molecular formula is C11H20N2S. The largest absolute Gasteiger partial charge is 0.316 e. The lowest BCUT2D eigenvalue weighted by atomic mass is 10.1. The first kappa shape index (κ1) is 11.7. The molecule has 0 bridgehead atoms. The minimum absolute atomic E-state index is 0.799. The van der Waals surface area contributed by atoms with Gasteiger partial charge in [-0.15, -0.1) is 11.3 Å². The Bertz CT molecular complexity index is 256. The van der Waals surface area contributed by atoms with Crippen molar-refractivity contribution in [2.75, 3.05) is 13.1 Å². The van der Waals surface area contributed by atoms with E-state index in [1.807, 2.05) is 5.51 Å². The Balaban J connectivity index is 2.08. The maximum atomic E-state index is 4.23. The normalized spacial score (nSPS) is 11.1. The van der Waals surface area contributed by atoms with E-state index in [1.54, 1.807) is 11.3 Å². The highest BCUT2D eigenvalue weighted by atomic mass is 32.1. The van der Waals surface area contributed by atoms with Gasteiger partial charge < -0.3 is 5.32 Å². The number of aryl methyl sites for hydroxylation is 1. The van der Waals surface area contributed by atoms with Gasteiger partial charge in [-0.05, 0) is 32.2 Å². The molecule has 1 aromatic rings. The van der Waals surface area contributed by atoms with Crippen LogP contribution in [-0.2, 0) is 6.42 Å². The fourth-order valence-corrected chi connectivity index (χ4v) is 2.07. The van der Waals surface area contributed by atoms with Gasteiger partial charge in [0.05, 0.1) is 11.2 Å². The molecule has 80 valence electrons. The zero-order chi connectivity index (χ0) is 10.4. The number of nitrogens with one attached hydrogen (secondary N) is 1. The Morgan fingerprint density at radius 2 is 2.21 bits per heavy atom. The van der Waals surface area contributed by atoms with Crippen molar-refractivity contribution in [1.82, 2.24) is 10.3 Å². The van der Waals surface area contributed by atoms with Gasteiger partial charge in [0.15, 0.2) is 0 Å². The highest BCUT2D eigenvalue weighted by Crippen LogP contribution is 2.11. The van der Waals surface area contributed by atoms with Crippen molar-refractivity contribution < 1.29 is 0 Å². The Morgan fingerprint density at radius 1 is 1.43 bits per heavy atom. The van der Waals surface area contributed by atoms with Crippen LogP contribution in [0.5, 0.6) is 0 Å². The second-order valence-corrected chi connectivity index (χ2v) is 4.98. The second kappa shape index (κ2) is 6.14. The predicted molar refractivity (Wildman–Crippen MR) is 62.9 cm³/mol. The second-order valence-electron chi connectivity index (χ2n) is 4.04. The number of hydrogen-bond acceptors (Lipinski definition) is 3. The van der Waals surface area contributed by atoms with Gasteiger partial charge >= 0.3 is 0 Å². The molecule has 0 aliphatic rings. The van der Waals surface area contributed by atoms with Crippen molar-refractivity contribution in [3.05, 3.63) is 16.1 Å². The van der Waals surface area contributed by atoms with Gasteiger partial charge in [0, 0.05) is 11.4 Å². The van der Waals surface area contributed by atoms with E-state index in [4.69, 9.17) is 0 Å². The zero-order valence-electron chi connectivity index (χ0n) is 9.34. The molecule has 0 radical (unpaired) electrons. The van der Waals surface area contributed by atoms with Crippen LogP contribution in [0.3, 0.4) is 0 Å². The summed E-state index contributed by atoms with van der Waals surface area (Å²) < 4.78 is 0. The summed E-state index contributed by atoms with van der Waals surface area (Å²) in [7, 11) is 0. The van der Waals surface area contributed by atoms with Gasteiger partial charge in [0.1, 0.15) is 0 Å². The van der Waals surface area contributed by atoms with Gasteiger partial charge in [-0.1, -0.05) is 13.8 Å². The smallest absolute Gasteiger partial charge is 0.0797 e. The Hall–Kier alpha value is -0.410. The van der Waals surface area contributed by atoms with Crippen LogP contribution in [0.1, 0.15) is 30.8 Å². The van der Waals surface area contributed by atoms with Crippen LogP contribution >= 0.6 is 11.3 Å². The first-order valence-corrected chi connectivity index (χ1v) is 6.17. The quantitative estimate of drug-likeness (QED) is 0.733. The summed E-state index contributed by atoms with van der Waals surface area (Å²) in [5.74, 6) is 0.799. The first-order valence-electron chi connectivity index (χ1n) is 5.30. The summed E-state index contributed by atoms with van der Waals surface area (Å²) in [6.07, 6.45) is 2.39. The van der Waals surface area contributed by atoms with Gasteiger partial charge in [0.25, 0.3) is 0 Å². The molecule has 0 atom stereocenters. The minimum Gasteiger partial charge on any atom is -0.316 e. The van der Waals surface area contributed by atoms with Crippen LogP contribution in [0.2, 0.25) is 0 Å². The van der Waals surface area contributed by atoms with Crippen molar-refractivity contribution in [1.29, 1.82) is 0 Å².